The Morgan fingerprint density at radius 2 is 2.21 bits per heavy atom. The SMILES string of the molecule is COC(C)COc1cccc(CO)c1. The van der Waals surface area contributed by atoms with Crippen molar-refractivity contribution in [3.05, 3.63) is 29.8 Å². The van der Waals surface area contributed by atoms with Gasteiger partial charge in [0.2, 0.25) is 0 Å². The van der Waals surface area contributed by atoms with Crippen LogP contribution in [0.3, 0.4) is 0 Å². The van der Waals surface area contributed by atoms with Crippen LogP contribution in [0.25, 0.3) is 0 Å². The van der Waals surface area contributed by atoms with Gasteiger partial charge in [-0.15, -0.1) is 0 Å². The van der Waals surface area contributed by atoms with Gasteiger partial charge in [-0.25, -0.2) is 0 Å². The van der Waals surface area contributed by atoms with E-state index in [0.29, 0.717) is 6.61 Å². The van der Waals surface area contributed by atoms with Crippen molar-refractivity contribution in [1.29, 1.82) is 0 Å². The third kappa shape index (κ3) is 3.36. The van der Waals surface area contributed by atoms with Gasteiger partial charge in [0, 0.05) is 7.11 Å². The van der Waals surface area contributed by atoms with Gasteiger partial charge in [-0.05, 0) is 24.6 Å². The van der Waals surface area contributed by atoms with E-state index in [2.05, 4.69) is 0 Å². The highest BCUT2D eigenvalue weighted by Gasteiger charge is 2.01. The van der Waals surface area contributed by atoms with Crippen LogP contribution >= 0.6 is 0 Å². The Bertz CT molecular complexity index is 273. The molecule has 0 aliphatic heterocycles. The first-order chi connectivity index (χ1) is 6.76. The summed E-state index contributed by atoms with van der Waals surface area (Å²) in [5.74, 6) is 0.764. The van der Waals surface area contributed by atoms with Gasteiger partial charge in [-0.1, -0.05) is 12.1 Å². The van der Waals surface area contributed by atoms with Crippen molar-refractivity contribution >= 4 is 0 Å². The molecule has 0 aliphatic rings. The third-order valence-electron chi connectivity index (χ3n) is 1.97. The monoisotopic (exact) mass is 196 g/mol. The number of benzene rings is 1. The van der Waals surface area contributed by atoms with Crippen molar-refractivity contribution in [3.8, 4) is 5.75 Å². The van der Waals surface area contributed by atoms with E-state index in [4.69, 9.17) is 14.6 Å². The van der Waals surface area contributed by atoms with E-state index >= 15 is 0 Å². The number of hydrogen-bond acceptors (Lipinski definition) is 3. The Labute approximate surface area is 84.3 Å². The van der Waals surface area contributed by atoms with E-state index in [1.165, 1.54) is 0 Å². The van der Waals surface area contributed by atoms with Crippen LogP contribution in [0.2, 0.25) is 0 Å². The zero-order chi connectivity index (χ0) is 10.4. The summed E-state index contributed by atoms with van der Waals surface area (Å²) >= 11 is 0. The molecule has 0 aromatic heterocycles. The van der Waals surface area contributed by atoms with E-state index in [0.717, 1.165) is 11.3 Å². The number of methoxy groups -OCH3 is 1. The number of aliphatic hydroxyl groups excluding tert-OH is 1. The van der Waals surface area contributed by atoms with Gasteiger partial charge in [0.1, 0.15) is 12.4 Å². The second-order valence-corrected chi connectivity index (χ2v) is 3.16. The molecular weight excluding hydrogens is 180 g/mol. The van der Waals surface area contributed by atoms with Crippen LogP contribution in [0.1, 0.15) is 12.5 Å². The Morgan fingerprint density at radius 3 is 2.86 bits per heavy atom. The van der Waals surface area contributed by atoms with E-state index < -0.39 is 0 Å². The topological polar surface area (TPSA) is 38.7 Å². The fourth-order valence-electron chi connectivity index (χ4n) is 1.02. The molecule has 78 valence electrons. The van der Waals surface area contributed by atoms with Gasteiger partial charge in [-0.3, -0.25) is 0 Å². The van der Waals surface area contributed by atoms with Gasteiger partial charge < -0.3 is 14.6 Å². The second-order valence-electron chi connectivity index (χ2n) is 3.16. The minimum atomic E-state index is 0.0387. The summed E-state index contributed by atoms with van der Waals surface area (Å²) in [6, 6.07) is 7.40. The van der Waals surface area contributed by atoms with Gasteiger partial charge in [0.25, 0.3) is 0 Å². The van der Waals surface area contributed by atoms with Gasteiger partial charge in [-0.2, -0.15) is 0 Å². The van der Waals surface area contributed by atoms with Crippen molar-refractivity contribution in [1.82, 2.24) is 0 Å². The molecule has 0 fully saturated rings. The van der Waals surface area contributed by atoms with Crippen LogP contribution in [-0.4, -0.2) is 24.9 Å². The number of hydrogen-bond donors (Lipinski definition) is 1. The maximum absolute atomic E-state index is 8.91. The molecule has 1 aromatic carbocycles. The minimum absolute atomic E-state index is 0.0387. The van der Waals surface area contributed by atoms with Gasteiger partial charge in [0.05, 0.1) is 12.7 Å². The largest absolute Gasteiger partial charge is 0.491 e. The van der Waals surface area contributed by atoms with Crippen LogP contribution in [0.4, 0.5) is 0 Å². The summed E-state index contributed by atoms with van der Waals surface area (Å²) in [6.07, 6.45) is 0.0767. The smallest absolute Gasteiger partial charge is 0.119 e. The van der Waals surface area contributed by atoms with Crippen LogP contribution in [0, 0.1) is 0 Å². The Balaban J connectivity index is 2.50. The molecule has 14 heavy (non-hydrogen) atoms. The van der Waals surface area contributed by atoms with Crippen LogP contribution in [-0.2, 0) is 11.3 Å². The summed E-state index contributed by atoms with van der Waals surface area (Å²) in [4.78, 5) is 0. The van der Waals surface area contributed by atoms with E-state index in [9.17, 15) is 0 Å². The Hall–Kier alpha value is -1.06. The van der Waals surface area contributed by atoms with E-state index in [1.807, 2.05) is 31.2 Å². The molecule has 0 heterocycles. The van der Waals surface area contributed by atoms with Crippen molar-refractivity contribution in [2.24, 2.45) is 0 Å². The van der Waals surface area contributed by atoms with Gasteiger partial charge in [0.15, 0.2) is 0 Å². The van der Waals surface area contributed by atoms with Crippen molar-refractivity contribution in [3.63, 3.8) is 0 Å². The Kier molecular flexibility index (Phi) is 4.43. The van der Waals surface area contributed by atoms with Crippen molar-refractivity contribution in [2.45, 2.75) is 19.6 Å². The van der Waals surface area contributed by atoms with E-state index in [-0.39, 0.29) is 12.7 Å². The maximum atomic E-state index is 8.91. The highest BCUT2D eigenvalue weighted by atomic mass is 16.5. The lowest BCUT2D eigenvalue weighted by molar-refractivity contribution is 0.0716. The summed E-state index contributed by atoms with van der Waals surface area (Å²) < 4.78 is 10.5. The van der Waals surface area contributed by atoms with Gasteiger partial charge >= 0.3 is 0 Å². The Morgan fingerprint density at radius 1 is 1.43 bits per heavy atom. The molecule has 1 atom stereocenters. The molecule has 0 spiro atoms. The molecule has 1 N–H and O–H groups in total. The molecule has 3 nitrogen and oxygen atoms in total. The lowest BCUT2D eigenvalue weighted by Gasteiger charge is -2.11. The average Bonchev–Trinajstić information content (AvgIpc) is 2.26. The van der Waals surface area contributed by atoms with Crippen molar-refractivity contribution < 1.29 is 14.6 Å². The van der Waals surface area contributed by atoms with Crippen LogP contribution in [0.5, 0.6) is 5.75 Å². The molecule has 1 rings (SSSR count). The molecular formula is C11H16O3. The predicted molar refractivity (Wildman–Crippen MR) is 54.3 cm³/mol. The molecule has 1 unspecified atom stereocenters. The number of rotatable bonds is 5. The normalized spacial score (nSPS) is 12.5. The fraction of sp³-hybridized carbons (Fsp3) is 0.455. The first-order valence-corrected chi connectivity index (χ1v) is 4.61. The fourth-order valence-corrected chi connectivity index (χ4v) is 1.02. The van der Waals surface area contributed by atoms with Crippen LogP contribution < -0.4 is 4.74 Å². The summed E-state index contributed by atoms with van der Waals surface area (Å²) in [7, 11) is 1.65. The van der Waals surface area contributed by atoms with Crippen LogP contribution in [0.15, 0.2) is 24.3 Å². The summed E-state index contributed by atoms with van der Waals surface area (Å²) in [6.45, 7) is 2.50. The number of aliphatic hydroxyl groups is 1. The molecule has 3 heteroatoms. The molecule has 0 amide bonds. The zero-order valence-corrected chi connectivity index (χ0v) is 8.56. The predicted octanol–water partition coefficient (Wildman–Crippen LogP) is 1.59. The number of ether oxygens (including phenoxy) is 2. The lowest BCUT2D eigenvalue weighted by atomic mass is 10.2. The highest BCUT2D eigenvalue weighted by molar-refractivity contribution is 5.27. The molecule has 0 aliphatic carbocycles. The molecule has 0 bridgehead atoms. The summed E-state index contributed by atoms with van der Waals surface area (Å²) in [5.41, 5.74) is 0.854. The standard InChI is InChI=1S/C11H16O3/c1-9(13-2)8-14-11-5-3-4-10(6-11)7-12/h3-6,9,12H,7-8H2,1-2H3. The highest BCUT2D eigenvalue weighted by Crippen LogP contribution is 2.13. The minimum Gasteiger partial charge on any atom is -0.491 e. The summed E-state index contributed by atoms with van der Waals surface area (Å²) in [5, 5.41) is 8.91. The first-order valence-electron chi connectivity index (χ1n) is 4.61. The molecule has 0 saturated heterocycles. The second kappa shape index (κ2) is 5.62. The molecule has 0 radical (unpaired) electrons. The molecule has 1 aromatic rings. The quantitative estimate of drug-likeness (QED) is 0.777. The molecule has 0 saturated carbocycles. The van der Waals surface area contributed by atoms with Crippen molar-refractivity contribution in [2.75, 3.05) is 13.7 Å². The average molecular weight is 196 g/mol. The zero-order valence-electron chi connectivity index (χ0n) is 8.56. The first kappa shape index (κ1) is 11.0. The van der Waals surface area contributed by atoms with E-state index in [1.54, 1.807) is 7.11 Å². The lowest BCUT2D eigenvalue weighted by Crippen LogP contribution is -2.15. The third-order valence-corrected chi connectivity index (χ3v) is 1.97. The maximum Gasteiger partial charge on any atom is 0.119 e.